The Balaban J connectivity index is 1.30. The van der Waals surface area contributed by atoms with Crippen molar-refractivity contribution in [2.45, 2.75) is 32.0 Å². The Bertz CT molecular complexity index is 1160. The van der Waals surface area contributed by atoms with E-state index < -0.39 is 11.7 Å². The number of carbonyl (C=O) groups is 1. The third kappa shape index (κ3) is 3.23. The van der Waals surface area contributed by atoms with Gasteiger partial charge >= 0.3 is 6.18 Å². The molecule has 3 heterocycles. The molecule has 2 aliphatic rings. The summed E-state index contributed by atoms with van der Waals surface area (Å²) in [5, 5.41) is 0.969. The SMILES string of the molecule is CC(=O)c1ccc(C(F)(F)F)cc1N1CC2(CC(N(C)c3ncnc4[nH]ccc34)C2)C1. The van der Waals surface area contributed by atoms with E-state index >= 15 is 0 Å². The summed E-state index contributed by atoms with van der Waals surface area (Å²) in [5.41, 5.74) is 0.869. The Morgan fingerprint density at radius 3 is 2.65 bits per heavy atom. The minimum absolute atomic E-state index is 0.0749. The number of anilines is 2. The number of hydrogen-bond donors (Lipinski definition) is 1. The highest BCUT2D eigenvalue weighted by Gasteiger charge is 2.54. The number of aromatic nitrogens is 3. The van der Waals surface area contributed by atoms with Crippen LogP contribution >= 0.6 is 0 Å². The van der Waals surface area contributed by atoms with E-state index in [1.165, 1.54) is 13.0 Å². The summed E-state index contributed by atoms with van der Waals surface area (Å²) >= 11 is 0. The largest absolute Gasteiger partial charge is 0.416 e. The van der Waals surface area contributed by atoms with Crippen LogP contribution in [0.5, 0.6) is 0 Å². The van der Waals surface area contributed by atoms with Crippen molar-refractivity contribution in [3.63, 3.8) is 0 Å². The van der Waals surface area contributed by atoms with Crippen molar-refractivity contribution >= 4 is 28.3 Å². The van der Waals surface area contributed by atoms with Crippen LogP contribution in [0.1, 0.15) is 35.7 Å². The summed E-state index contributed by atoms with van der Waals surface area (Å²) in [6, 6.07) is 5.64. The number of ketones is 1. The molecule has 31 heavy (non-hydrogen) atoms. The first-order valence-corrected chi connectivity index (χ1v) is 10.1. The molecule has 2 aromatic heterocycles. The summed E-state index contributed by atoms with van der Waals surface area (Å²) in [5.74, 6) is 0.647. The lowest BCUT2D eigenvalue weighted by molar-refractivity contribution is -0.137. The lowest BCUT2D eigenvalue weighted by Crippen LogP contribution is -2.66. The van der Waals surface area contributed by atoms with Gasteiger partial charge in [-0.1, -0.05) is 0 Å². The van der Waals surface area contributed by atoms with Gasteiger partial charge in [0.1, 0.15) is 17.8 Å². The lowest BCUT2D eigenvalue weighted by Gasteiger charge is -2.61. The third-order valence-electron chi connectivity index (χ3n) is 6.65. The molecule has 2 fully saturated rings. The van der Waals surface area contributed by atoms with Gasteiger partial charge in [0.05, 0.1) is 10.9 Å². The van der Waals surface area contributed by atoms with Crippen molar-refractivity contribution in [1.82, 2.24) is 15.0 Å². The van der Waals surface area contributed by atoms with Crippen LogP contribution in [0.15, 0.2) is 36.8 Å². The molecular weight excluding hydrogens is 407 g/mol. The minimum Gasteiger partial charge on any atom is -0.370 e. The van der Waals surface area contributed by atoms with Gasteiger partial charge in [-0.2, -0.15) is 13.2 Å². The number of aromatic amines is 1. The van der Waals surface area contributed by atoms with Gasteiger partial charge in [-0.3, -0.25) is 4.79 Å². The van der Waals surface area contributed by atoms with Gasteiger partial charge in [0.15, 0.2) is 5.78 Å². The van der Waals surface area contributed by atoms with Gasteiger partial charge in [-0.15, -0.1) is 0 Å². The molecule has 5 rings (SSSR count). The van der Waals surface area contributed by atoms with E-state index in [4.69, 9.17) is 0 Å². The maximum atomic E-state index is 13.2. The van der Waals surface area contributed by atoms with Crippen LogP contribution in [0.3, 0.4) is 0 Å². The van der Waals surface area contributed by atoms with Crippen LogP contribution in [0.2, 0.25) is 0 Å². The van der Waals surface area contributed by atoms with Crippen LogP contribution in [-0.4, -0.2) is 46.9 Å². The van der Waals surface area contributed by atoms with E-state index in [9.17, 15) is 18.0 Å². The van der Waals surface area contributed by atoms with Crippen LogP contribution in [0.4, 0.5) is 24.7 Å². The first-order chi connectivity index (χ1) is 14.7. The molecule has 1 aliphatic carbocycles. The van der Waals surface area contributed by atoms with E-state index in [0.29, 0.717) is 30.4 Å². The number of hydrogen-bond acceptors (Lipinski definition) is 5. The zero-order valence-corrected chi connectivity index (χ0v) is 17.2. The average molecular weight is 429 g/mol. The zero-order chi connectivity index (χ0) is 22.0. The molecule has 1 saturated heterocycles. The molecule has 1 N–H and O–H groups in total. The second kappa shape index (κ2) is 6.70. The molecule has 0 radical (unpaired) electrons. The normalized spacial score (nSPS) is 18.2. The standard InChI is InChI=1S/C22H22F3N5O/c1-13(31)16-4-3-14(22(23,24)25)7-18(16)30-10-21(11-30)8-15(9-21)29(2)20-17-5-6-26-19(17)27-12-28-20/h3-7,12,15H,8-11H2,1-2H3,(H,26,27,28). The van der Waals surface area contributed by atoms with Gasteiger partial charge in [-0.25, -0.2) is 9.97 Å². The molecule has 1 aliphatic heterocycles. The number of nitrogens with zero attached hydrogens (tertiary/aromatic N) is 4. The molecule has 0 atom stereocenters. The molecule has 162 valence electrons. The summed E-state index contributed by atoms with van der Waals surface area (Å²) in [6.07, 6.45) is 0.818. The smallest absolute Gasteiger partial charge is 0.370 e. The van der Waals surface area contributed by atoms with Crippen molar-refractivity contribution in [2.75, 3.05) is 29.9 Å². The number of carbonyl (C=O) groups excluding carboxylic acids is 1. The lowest BCUT2D eigenvalue weighted by atomic mass is 9.60. The maximum Gasteiger partial charge on any atom is 0.416 e. The van der Waals surface area contributed by atoms with Gasteiger partial charge in [0.2, 0.25) is 0 Å². The number of halogens is 3. The quantitative estimate of drug-likeness (QED) is 0.627. The van der Waals surface area contributed by atoms with Crippen LogP contribution < -0.4 is 9.80 Å². The Hall–Kier alpha value is -3.10. The second-order valence-corrected chi connectivity index (χ2v) is 8.75. The van der Waals surface area contributed by atoms with Crippen molar-refractivity contribution in [1.29, 1.82) is 0 Å². The van der Waals surface area contributed by atoms with Crippen molar-refractivity contribution in [2.24, 2.45) is 5.41 Å². The number of Topliss-reactive ketones (excluding diaryl/α,β-unsaturated/α-hetero) is 1. The molecule has 1 saturated carbocycles. The van der Waals surface area contributed by atoms with Gasteiger partial charge in [0, 0.05) is 49.0 Å². The third-order valence-corrected chi connectivity index (χ3v) is 6.65. The summed E-state index contributed by atoms with van der Waals surface area (Å²) in [7, 11) is 2.02. The maximum absolute atomic E-state index is 13.2. The average Bonchev–Trinajstić information content (AvgIpc) is 3.13. The second-order valence-electron chi connectivity index (χ2n) is 8.75. The topological polar surface area (TPSA) is 65.1 Å². The molecule has 1 spiro atoms. The zero-order valence-electron chi connectivity index (χ0n) is 17.2. The van der Waals surface area contributed by atoms with E-state index in [0.717, 1.165) is 41.8 Å². The van der Waals surface area contributed by atoms with E-state index in [2.05, 4.69) is 19.9 Å². The minimum atomic E-state index is -4.43. The highest BCUT2D eigenvalue weighted by molar-refractivity contribution is 6.00. The molecule has 0 bridgehead atoms. The fraction of sp³-hybridized carbons (Fsp3) is 0.409. The van der Waals surface area contributed by atoms with Gasteiger partial charge in [-0.05, 0) is 44.0 Å². The number of fused-ring (bicyclic) bond motifs is 1. The Kier molecular flexibility index (Phi) is 4.29. The Labute approximate surface area is 177 Å². The van der Waals surface area contributed by atoms with E-state index in [1.54, 1.807) is 6.33 Å². The fourth-order valence-corrected chi connectivity index (χ4v) is 4.99. The summed E-state index contributed by atoms with van der Waals surface area (Å²) < 4.78 is 39.5. The van der Waals surface area contributed by atoms with Gasteiger partial charge < -0.3 is 14.8 Å². The van der Waals surface area contributed by atoms with Crippen molar-refractivity contribution in [3.8, 4) is 0 Å². The number of rotatable bonds is 4. The first kappa shape index (κ1) is 19.8. The monoisotopic (exact) mass is 429 g/mol. The van der Waals surface area contributed by atoms with E-state index in [1.807, 2.05) is 24.2 Å². The molecule has 3 aromatic rings. The molecule has 1 aromatic carbocycles. The first-order valence-electron chi connectivity index (χ1n) is 10.1. The predicted molar refractivity (Wildman–Crippen MR) is 111 cm³/mol. The molecular formula is C22H22F3N5O. The Morgan fingerprint density at radius 2 is 1.97 bits per heavy atom. The highest BCUT2D eigenvalue weighted by Crippen LogP contribution is 2.52. The molecule has 0 unspecified atom stereocenters. The summed E-state index contributed by atoms with van der Waals surface area (Å²) in [4.78, 5) is 27.8. The molecule has 6 nitrogen and oxygen atoms in total. The van der Waals surface area contributed by atoms with Crippen molar-refractivity contribution < 1.29 is 18.0 Å². The van der Waals surface area contributed by atoms with Crippen molar-refractivity contribution in [3.05, 3.63) is 47.9 Å². The van der Waals surface area contributed by atoms with Gasteiger partial charge in [0.25, 0.3) is 0 Å². The fourth-order valence-electron chi connectivity index (χ4n) is 4.99. The highest BCUT2D eigenvalue weighted by atomic mass is 19.4. The number of nitrogens with one attached hydrogen (secondary N) is 1. The molecule has 0 amide bonds. The van der Waals surface area contributed by atoms with E-state index in [-0.39, 0.29) is 11.2 Å². The predicted octanol–water partition coefficient (Wildman–Crippen LogP) is 4.28. The Morgan fingerprint density at radius 1 is 1.23 bits per heavy atom. The number of H-pyrrole nitrogens is 1. The summed E-state index contributed by atoms with van der Waals surface area (Å²) in [6.45, 7) is 2.70. The number of benzene rings is 1. The van der Waals surface area contributed by atoms with Crippen LogP contribution in [0, 0.1) is 5.41 Å². The van der Waals surface area contributed by atoms with Crippen LogP contribution in [0.25, 0.3) is 11.0 Å². The molecule has 9 heteroatoms. The number of alkyl halides is 3. The van der Waals surface area contributed by atoms with Crippen LogP contribution in [-0.2, 0) is 6.18 Å².